The predicted molar refractivity (Wildman–Crippen MR) is 56.2 cm³/mol. The molecule has 6 nitrogen and oxygen atoms in total. The van der Waals surface area contributed by atoms with Gasteiger partial charge in [0.1, 0.15) is 0 Å². The van der Waals surface area contributed by atoms with Crippen LogP contribution in [0.15, 0.2) is 24.3 Å². The second kappa shape index (κ2) is 6.54. The quantitative estimate of drug-likeness (QED) is 0.541. The molecule has 6 heteroatoms. The number of carboxylic acids is 2. The third kappa shape index (κ3) is 5.08. The molecule has 0 saturated heterocycles. The van der Waals surface area contributed by atoms with Crippen molar-refractivity contribution in [2.45, 2.75) is 13.2 Å². The smallest absolute Gasteiger partial charge is 0.336 e. The third-order valence-electron chi connectivity index (χ3n) is 1.39. The van der Waals surface area contributed by atoms with Crippen molar-refractivity contribution in [3.63, 3.8) is 0 Å². The van der Waals surface area contributed by atoms with Crippen LogP contribution >= 0.6 is 0 Å². The minimum Gasteiger partial charge on any atom is -0.478 e. The van der Waals surface area contributed by atoms with E-state index in [2.05, 4.69) is 5.73 Å². The van der Waals surface area contributed by atoms with Crippen molar-refractivity contribution in [3.8, 4) is 0 Å². The van der Waals surface area contributed by atoms with Crippen molar-refractivity contribution in [1.29, 1.82) is 0 Å². The van der Waals surface area contributed by atoms with E-state index in [0.29, 0.717) is 0 Å². The summed E-state index contributed by atoms with van der Waals surface area (Å²) in [4.78, 5) is 20.9. The summed E-state index contributed by atoms with van der Waals surface area (Å²) in [7, 11) is 0. The Balaban J connectivity index is 0.000000487. The van der Waals surface area contributed by atoms with Gasteiger partial charge in [0, 0.05) is 0 Å². The summed E-state index contributed by atoms with van der Waals surface area (Å²) < 4.78 is 0. The minimum atomic E-state index is -1.23. The minimum absolute atomic E-state index is 0.190. The van der Waals surface area contributed by atoms with Gasteiger partial charge in [0.05, 0.1) is 17.4 Å². The fourth-order valence-corrected chi connectivity index (χ4v) is 0.856. The molecule has 0 saturated carbocycles. The predicted octanol–water partition coefficient (Wildman–Crippen LogP) is 0.366. The van der Waals surface area contributed by atoms with E-state index in [1.165, 1.54) is 31.2 Å². The van der Waals surface area contributed by atoms with E-state index < -0.39 is 18.2 Å². The van der Waals surface area contributed by atoms with Gasteiger partial charge in [-0.3, -0.25) is 0 Å². The highest BCUT2D eigenvalue weighted by Crippen LogP contribution is 2.07. The van der Waals surface area contributed by atoms with Crippen molar-refractivity contribution in [1.82, 2.24) is 0 Å². The van der Waals surface area contributed by atoms with Gasteiger partial charge in [0.15, 0.2) is 0 Å². The van der Waals surface area contributed by atoms with Crippen LogP contribution < -0.4 is 5.73 Å². The monoisotopic (exact) mass is 227 g/mol. The van der Waals surface area contributed by atoms with Gasteiger partial charge in [-0.1, -0.05) is 12.1 Å². The van der Waals surface area contributed by atoms with Crippen molar-refractivity contribution in [2.75, 3.05) is 0 Å². The summed E-state index contributed by atoms with van der Waals surface area (Å²) in [5.41, 5.74) is 4.29. The molecule has 0 fully saturated rings. The number of benzene rings is 1. The van der Waals surface area contributed by atoms with Gasteiger partial charge >= 0.3 is 11.9 Å². The van der Waals surface area contributed by atoms with Crippen LogP contribution in [-0.4, -0.2) is 33.5 Å². The largest absolute Gasteiger partial charge is 0.478 e. The van der Waals surface area contributed by atoms with Crippen LogP contribution in [0.2, 0.25) is 0 Å². The van der Waals surface area contributed by atoms with Gasteiger partial charge in [-0.05, 0) is 19.1 Å². The maximum absolute atomic E-state index is 10.5. The number of aromatic carboxylic acids is 2. The number of hydrogen-bond donors (Lipinski definition) is 4. The summed E-state index contributed by atoms with van der Waals surface area (Å²) >= 11 is 0. The number of rotatable bonds is 2. The number of aliphatic hydroxyl groups is 1. The Morgan fingerprint density at radius 1 is 1.12 bits per heavy atom. The van der Waals surface area contributed by atoms with E-state index in [-0.39, 0.29) is 11.1 Å². The summed E-state index contributed by atoms with van der Waals surface area (Å²) in [5, 5.41) is 24.9. The molecule has 88 valence electrons. The molecular weight excluding hydrogens is 214 g/mol. The molecule has 0 heterocycles. The van der Waals surface area contributed by atoms with E-state index in [9.17, 15) is 9.59 Å². The number of hydrogen-bond acceptors (Lipinski definition) is 4. The Hall–Kier alpha value is -1.92. The maximum Gasteiger partial charge on any atom is 0.336 e. The van der Waals surface area contributed by atoms with Gasteiger partial charge in [-0.2, -0.15) is 0 Å². The van der Waals surface area contributed by atoms with Crippen molar-refractivity contribution < 1.29 is 24.9 Å². The van der Waals surface area contributed by atoms with Crippen LogP contribution in [0.4, 0.5) is 0 Å². The lowest BCUT2D eigenvalue weighted by Gasteiger charge is -1.98. The fraction of sp³-hybridized carbons (Fsp3) is 0.200. The number of carboxylic acid groups (broad SMARTS) is 2. The summed E-state index contributed by atoms with van der Waals surface area (Å²) in [6.45, 7) is 1.50. The highest BCUT2D eigenvalue weighted by atomic mass is 16.4. The lowest BCUT2D eigenvalue weighted by atomic mass is 10.1. The Morgan fingerprint density at radius 2 is 1.38 bits per heavy atom. The molecule has 1 rings (SSSR count). The molecule has 1 atom stereocenters. The first-order chi connectivity index (χ1) is 7.36. The third-order valence-corrected chi connectivity index (χ3v) is 1.39. The Morgan fingerprint density at radius 3 is 1.56 bits per heavy atom. The second-order valence-corrected chi connectivity index (χ2v) is 2.90. The number of carbonyl (C=O) groups is 2. The molecular formula is C10H13NO5. The molecule has 0 aliphatic rings. The van der Waals surface area contributed by atoms with E-state index >= 15 is 0 Å². The SMILES string of the molecule is CC(N)O.O=C(O)c1ccccc1C(=O)O. The zero-order valence-corrected chi connectivity index (χ0v) is 8.62. The molecule has 1 unspecified atom stereocenters. The summed E-state index contributed by atoms with van der Waals surface area (Å²) in [6.07, 6.45) is -0.667. The van der Waals surface area contributed by atoms with Gasteiger partial charge in [-0.15, -0.1) is 0 Å². The van der Waals surface area contributed by atoms with E-state index in [1.807, 2.05) is 0 Å². The van der Waals surface area contributed by atoms with Gasteiger partial charge < -0.3 is 21.1 Å². The lowest BCUT2D eigenvalue weighted by molar-refractivity contribution is 0.0651. The molecule has 16 heavy (non-hydrogen) atoms. The zero-order chi connectivity index (χ0) is 12.7. The van der Waals surface area contributed by atoms with Crippen LogP contribution in [0.3, 0.4) is 0 Å². The Bertz CT molecular complexity index is 339. The van der Waals surface area contributed by atoms with Gasteiger partial charge in [-0.25, -0.2) is 9.59 Å². The Labute approximate surface area is 91.9 Å². The van der Waals surface area contributed by atoms with E-state index in [1.54, 1.807) is 0 Å². The molecule has 0 aromatic heterocycles. The number of nitrogens with two attached hydrogens (primary N) is 1. The first-order valence-electron chi connectivity index (χ1n) is 4.35. The van der Waals surface area contributed by atoms with Crippen LogP contribution in [0, 0.1) is 0 Å². The average molecular weight is 227 g/mol. The summed E-state index contributed by atoms with van der Waals surface area (Å²) in [6, 6.07) is 5.48. The van der Waals surface area contributed by atoms with Crippen molar-refractivity contribution >= 4 is 11.9 Å². The highest BCUT2D eigenvalue weighted by molar-refractivity contribution is 6.01. The molecule has 0 bridgehead atoms. The van der Waals surface area contributed by atoms with Crippen LogP contribution in [0.25, 0.3) is 0 Å². The van der Waals surface area contributed by atoms with Crippen molar-refractivity contribution in [2.24, 2.45) is 5.73 Å². The molecule has 0 amide bonds. The first kappa shape index (κ1) is 14.1. The molecule has 0 aliphatic carbocycles. The standard InChI is InChI=1S/C8H6O4.C2H7NO/c9-7(10)5-3-1-2-4-6(5)8(11)12;1-2(3)4/h1-4H,(H,9,10)(H,11,12);2,4H,3H2,1H3. The summed E-state index contributed by atoms with van der Waals surface area (Å²) in [5.74, 6) is -2.46. The van der Waals surface area contributed by atoms with Crippen LogP contribution in [0.1, 0.15) is 27.6 Å². The molecule has 5 N–H and O–H groups in total. The number of aliphatic hydroxyl groups excluding tert-OH is 1. The van der Waals surface area contributed by atoms with Crippen LogP contribution in [0.5, 0.6) is 0 Å². The molecule has 1 aromatic rings. The lowest BCUT2D eigenvalue weighted by Crippen LogP contribution is -2.11. The first-order valence-corrected chi connectivity index (χ1v) is 4.35. The Kier molecular flexibility index (Phi) is 5.76. The molecule has 0 radical (unpaired) electrons. The molecule has 0 spiro atoms. The van der Waals surface area contributed by atoms with Gasteiger partial charge in [0.25, 0.3) is 0 Å². The normalized spacial score (nSPS) is 10.9. The highest BCUT2D eigenvalue weighted by Gasteiger charge is 2.13. The average Bonchev–Trinajstić information content (AvgIpc) is 2.16. The topological polar surface area (TPSA) is 121 Å². The molecule has 1 aromatic carbocycles. The van der Waals surface area contributed by atoms with E-state index in [4.69, 9.17) is 15.3 Å². The fourth-order valence-electron chi connectivity index (χ4n) is 0.856. The second-order valence-electron chi connectivity index (χ2n) is 2.90. The molecule has 0 aliphatic heterocycles. The van der Waals surface area contributed by atoms with Crippen molar-refractivity contribution in [3.05, 3.63) is 35.4 Å². The zero-order valence-electron chi connectivity index (χ0n) is 8.62. The van der Waals surface area contributed by atoms with Crippen LogP contribution in [-0.2, 0) is 0 Å². The van der Waals surface area contributed by atoms with E-state index in [0.717, 1.165) is 0 Å². The van der Waals surface area contributed by atoms with Gasteiger partial charge in [0.2, 0.25) is 0 Å². The maximum atomic E-state index is 10.5.